The number of nitrogens with one attached hydrogen (secondary N) is 1. The predicted molar refractivity (Wildman–Crippen MR) is 93.1 cm³/mol. The van der Waals surface area contributed by atoms with Crippen LogP contribution in [0.3, 0.4) is 0 Å². The van der Waals surface area contributed by atoms with E-state index in [0.29, 0.717) is 16.8 Å². The van der Waals surface area contributed by atoms with Gasteiger partial charge in [-0.2, -0.15) is 17.0 Å². The van der Waals surface area contributed by atoms with E-state index < -0.39 is 0 Å². The Bertz CT molecular complexity index is 674. The largest absolute Gasteiger partial charge is 0.299 e. The standard InChI is InChI=1S/C17H22FN5S/c18-14-3-1-2-13(15(14)16-19-21-22-20-16)12-23-8-4-17(5-9-23)6-10-24-11-7-17/h1-3H,4-12H2,(H,19,20,21,22). The van der Waals surface area contributed by atoms with Gasteiger partial charge in [-0.3, -0.25) is 4.90 Å². The fraction of sp³-hybridized carbons (Fsp3) is 0.588. The average molecular weight is 347 g/mol. The number of hydrogen-bond donors (Lipinski definition) is 1. The molecule has 5 nitrogen and oxygen atoms in total. The molecule has 0 radical (unpaired) electrons. The molecular formula is C17H22FN5S. The number of piperidine rings is 1. The molecule has 1 aromatic carbocycles. The van der Waals surface area contributed by atoms with Gasteiger partial charge in [-0.25, -0.2) is 4.39 Å². The van der Waals surface area contributed by atoms with Gasteiger partial charge < -0.3 is 0 Å². The Morgan fingerprint density at radius 2 is 1.96 bits per heavy atom. The number of aromatic amines is 1. The van der Waals surface area contributed by atoms with Crippen molar-refractivity contribution in [2.75, 3.05) is 24.6 Å². The lowest BCUT2D eigenvalue weighted by Crippen LogP contribution is -2.41. The second-order valence-electron chi connectivity index (χ2n) is 6.90. The first-order valence-corrected chi connectivity index (χ1v) is 9.73. The highest BCUT2D eigenvalue weighted by molar-refractivity contribution is 7.99. The number of rotatable bonds is 3. The lowest BCUT2D eigenvalue weighted by Gasteiger charge is -2.44. The molecule has 2 fully saturated rings. The summed E-state index contributed by atoms with van der Waals surface area (Å²) < 4.78 is 14.3. The molecule has 1 spiro atoms. The first-order chi connectivity index (χ1) is 11.8. The van der Waals surface area contributed by atoms with E-state index in [-0.39, 0.29) is 5.82 Å². The maximum absolute atomic E-state index is 14.3. The molecule has 2 aliphatic heterocycles. The number of aromatic nitrogens is 4. The quantitative estimate of drug-likeness (QED) is 0.924. The van der Waals surface area contributed by atoms with Gasteiger partial charge in [-0.15, -0.1) is 10.2 Å². The van der Waals surface area contributed by atoms with Crippen molar-refractivity contribution < 1.29 is 4.39 Å². The van der Waals surface area contributed by atoms with Crippen LogP contribution in [0.1, 0.15) is 31.2 Å². The molecule has 0 bridgehead atoms. The minimum atomic E-state index is -0.285. The van der Waals surface area contributed by atoms with Crippen LogP contribution in [0.25, 0.3) is 11.4 Å². The zero-order valence-electron chi connectivity index (χ0n) is 13.7. The van der Waals surface area contributed by atoms with Crippen LogP contribution < -0.4 is 0 Å². The van der Waals surface area contributed by atoms with Gasteiger partial charge >= 0.3 is 0 Å². The molecule has 2 aromatic rings. The topological polar surface area (TPSA) is 57.7 Å². The minimum absolute atomic E-state index is 0.285. The average Bonchev–Trinajstić information content (AvgIpc) is 3.12. The zero-order chi connectivity index (χ0) is 16.4. The Kier molecular flexibility index (Phi) is 4.54. The molecule has 1 aromatic heterocycles. The Hall–Kier alpha value is -1.47. The summed E-state index contributed by atoms with van der Waals surface area (Å²) >= 11 is 2.09. The van der Waals surface area contributed by atoms with Crippen molar-refractivity contribution in [2.45, 2.75) is 32.2 Å². The summed E-state index contributed by atoms with van der Waals surface area (Å²) in [6, 6.07) is 5.19. The van der Waals surface area contributed by atoms with E-state index >= 15 is 0 Å². The van der Waals surface area contributed by atoms with Crippen molar-refractivity contribution in [2.24, 2.45) is 5.41 Å². The van der Waals surface area contributed by atoms with Gasteiger partial charge in [0.05, 0.1) is 5.56 Å². The third kappa shape index (κ3) is 3.19. The number of hydrogen-bond acceptors (Lipinski definition) is 5. The van der Waals surface area contributed by atoms with Crippen molar-refractivity contribution >= 4 is 11.8 Å². The highest BCUT2D eigenvalue weighted by Gasteiger charge is 2.35. The third-order valence-electron chi connectivity index (χ3n) is 5.53. The highest BCUT2D eigenvalue weighted by atomic mass is 32.2. The van der Waals surface area contributed by atoms with Crippen LogP contribution in [0.5, 0.6) is 0 Å². The second-order valence-corrected chi connectivity index (χ2v) is 8.12. The van der Waals surface area contributed by atoms with Gasteiger partial charge in [0.2, 0.25) is 5.82 Å². The van der Waals surface area contributed by atoms with E-state index in [4.69, 9.17) is 0 Å². The van der Waals surface area contributed by atoms with Gasteiger partial charge in [0.25, 0.3) is 0 Å². The zero-order valence-corrected chi connectivity index (χ0v) is 14.5. The Balaban J connectivity index is 1.48. The van der Waals surface area contributed by atoms with Crippen LogP contribution in [-0.2, 0) is 6.54 Å². The van der Waals surface area contributed by atoms with Gasteiger partial charge in [-0.05, 0) is 72.5 Å². The van der Waals surface area contributed by atoms with Crippen molar-refractivity contribution in [1.82, 2.24) is 25.5 Å². The molecule has 7 heteroatoms. The molecule has 128 valence electrons. The molecule has 0 aliphatic carbocycles. The summed E-state index contributed by atoms with van der Waals surface area (Å²) in [5.41, 5.74) is 1.98. The Labute approximate surface area is 145 Å². The van der Waals surface area contributed by atoms with Crippen LogP contribution in [0.15, 0.2) is 18.2 Å². The highest BCUT2D eigenvalue weighted by Crippen LogP contribution is 2.43. The molecule has 0 unspecified atom stereocenters. The van der Waals surface area contributed by atoms with E-state index in [9.17, 15) is 4.39 Å². The fourth-order valence-electron chi connectivity index (χ4n) is 3.95. The lowest BCUT2D eigenvalue weighted by molar-refractivity contribution is 0.0906. The maximum atomic E-state index is 14.3. The first-order valence-electron chi connectivity index (χ1n) is 8.57. The van der Waals surface area contributed by atoms with E-state index in [1.54, 1.807) is 6.07 Å². The number of H-pyrrole nitrogens is 1. The first kappa shape index (κ1) is 16.0. The predicted octanol–water partition coefficient (Wildman–Crippen LogP) is 3.12. The smallest absolute Gasteiger partial charge is 0.207 e. The maximum Gasteiger partial charge on any atom is 0.207 e. The normalized spacial score (nSPS) is 21.2. The Morgan fingerprint density at radius 1 is 1.17 bits per heavy atom. The molecular weight excluding hydrogens is 325 g/mol. The number of tetrazole rings is 1. The van der Waals surface area contributed by atoms with Crippen LogP contribution >= 0.6 is 11.8 Å². The van der Waals surface area contributed by atoms with Crippen LogP contribution in [0, 0.1) is 11.2 Å². The third-order valence-corrected chi connectivity index (χ3v) is 6.52. The van der Waals surface area contributed by atoms with Gasteiger partial charge in [0.1, 0.15) is 5.82 Å². The monoisotopic (exact) mass is 347 g/mol. The minimum Gasteiger partial charge on any atom is -0.299 e. The van der Waals surface area contributed by atoms with Crippen molar-refractivity contribution in [3.8, 4) is 11.4 Å². The summed E-state index contributed by atoms with van der Waals surface area (Å²) in [6.07, 6.45) is 5.25. The molecule has 1 N–H and O–H groups in total. The van der Waals surface area contributed by atoms with E-state index in [0.717, 1.165) is 25.2 Å². The van der Waals surface area contributed by atoms with Crippen LogP contribution in [0.4, 0.5) is 4.39 Å². The van der Waals surface area contributed by atoms with E-state index in [2.05, 4.69) is 37.3 Å². The van der Waals surface area contributed by atoms with E-state index in [1.807, 2.05) is 6.07 Å². The fourth-order valence-corrected chi connectivity index (χ4v) is 5.31. The van der Waals surface area contributed by atoms with Gasteiger partial charge in [0.15, 0.2) is 0 Å². The van der Waals surface area contributed by atoms with Gasteiger partial charge in [-0.1, -0.05) is 12.1 Å². The SMILES string of the molecule is Fc1cccc(CN2CCC3(CCSCC3)CC2)c1-c1nn[nH]n1. The molecule has 3 heterocycles. The molecule has 24 heavy (non-hydrogen) atoms. The molecule has 2 aliphatic rings. The van der Waals surface area contributed by atoms with E-state index in [1.165, 1.54) is 43.3 Å². The summed E-state index contributed by atoms with van der Waals surface area (Å²) in [7, 11) is 0. The number of halogens is 1. The second kappa shape index (κ2) is 6.80. The molecule has 4 rings (SSSR count). The molecule has 2 saturated heterocycles. The van der Waals surface area contributed by atoms with Crippen molar-refractivity contribution in [3.05, 3.63) is 29.6 Å². The molecule has 0 atom stereocenters. The molecule has 0 saturated carbocycles. The Morgan fingerprint density at radius 3 is 2.67 bits per heavy atom. The number of thioether (sulfide) groups is 1. The number of benzene rings is 1. The summed E-state index contributed by atoms with van der Waals surface area (Å²) in [4.78, 5) is 2.44. The van der Waals surface area contributed by atoms with Crippen LogP contribution in [-0.4, -0.2) is 50.1 Å². The van der Waals surface area contributed by atoms with Crippen molar-refractivity contribution in [3.63, 3.8) is 0 Å². The summed E-state index contributed by atoms with van der Waals surface area (Å²) in [5.74, 6) is 2.67. The van der Waals surface area contributed by atoms with Crippen LogP contribution in [0.2, 0.25) is 0 Å². The number of likely N-dealkylation sites (tertiary alicyclic amines) is 1. The summed E-state index contributed by atoms with van der Waals surface area (Å²) in [5, 5.41) is 13.9. The van der Waals surface area contributed by atoms with Crippen molar-refractivity contribution in [1.29, 1.82) is 0 Å². The number of nitrogens with zero attached hydrogens (tertiary/aromatic N) is 4. The molecule has 0 amide bonds. The van der Waals surface area contributed by atoms with Gasteiger partial charge in [0, 0.05) is 6.54 Å². The summed E-state index contributed by atoms with van der Waals surface area (Å²) in [6.45, 7) is 2.92. The lowest BCUT2D eigenvalue weighted by atomic mass is 9.74.